The number of nitrogens with one attached hydrogen (secondary N) is 2. The van der Waals surface area contributed by atoms with Crippen LogP contribution >= 0.6 is 0 Å². The quantitative estimate of drug-likeness (QED) is 0.713. The minimum atomic E-state index is -3.79. The Bertz CT molecular complexity index is 657. The minimum absolute atomic E-state index is 0.0465. The molecule has 4 N–H and O–H groups in total. The number of sulfonamides is 1. The zero-order chi connectivity index (χ0) is 16.2. The minimum Gasteiger partial charge on any atom is -0.481 e. The van der Waals surface area contributed by atoms with Crippen molar-refractivity contribution in [3.63, 3.8) is 0 Å². The van der Waals surface area contributed by atoms with E-state index in [4.69, 9.17) is 9.88 Å². The number of primary sulfonamides is 1. The van der Waals surface area contributed by atoms with Crippen molar-refractivity contribution < 1.29 is 22.7 Å². The van der Waals surface area contributed by atoms with Gasteiger partial charge < -0.3 is 10.1 Å². The summed E-state index contributed by atoms with van der Waals surface area (Å²) in [6, 6.07) is 3.38. The molecule has 8 nitrogen and oxygen atoms in total. The van der Waals surface area contributed by atoms with Gasteiger partial charge in [-0.3, -0.25) is 10.1 Å². The molecular weight excluding hydrogens is 298 g/mol. The van der Waals surface area contributed by atoms with Gasteiger partial charge in [-0.2, -0.15) is 0 Å². The van der Waals surface area contributed by atoms with Crippen LogP contribution in [-0.2, 0) is 14.8 Å². The number of hydrogen-bond donors (Lipinski definition) is 3. The third kappa shape index (κ3) is 4.72. The van der Waals surface area contributed by atoms with Crippen LogP contribution in [0.25, 0.3) is 0 Å². The third-order valence-corrected chi connectivity index (χ3v) is 3.52. The predicted octanol–water partition coefficient (Wildman–Crippen LogP) is -0.135. The number of ether oxygens (including phenoxy) is 1. The second kappa shape index (κ2) is 6.55. The smallest absolute Gasteiger partial charge is 0.321 e. The fourth-order valence-corrected chi connectivity index (χ4v) is 2.05. The number of carbonyl (C=O) groups is 2. The molecule has 0 aliphatic rings. The van der Waals surface area contributed by atoms with Gasteiger partial charge in [-0.05, 0) is 37.6 Å². The zero-order valence-corrected chi connectivity index (χ0v) is 12.7. The summed E-state index contributed by atoms with van der Waals surface area (Å²) in [5.41, 5.74) is 0.501. The van der Waals surface area contributed by atoms with Crippen molar-refractivity contribution in [1.82, 2.24) is 10.6 Å². The van der Waals surface area contributed by atoms with E-state index in [1.807, 2.05) is 0 Å². The number of carbonyl (C=O) groups excluding carboxylic acids is 2. The zero-order valence-electron chi connectivity index (χ0n) is 11.8. The second-order valence-corrected chi connectivity index (χ2v) is 5.86. The first kappa shape index (κ1) is 16.9. The van der Waals surface area contributed by atoms with Gasteiger partial charge in [0.25, 0.3) is 5.91 Å². The summed E-state index contributed by atoms with van der Waals surface area (Å²) >= 11 is 0. The Kier molecular flexibility index (Phi) is 5.28. The van der Waals surface area contributed by atoms with Gasteiger partial charge in [-0.15, -0.1) is 0 Å². The van der Waals surface area contributed by atoms with Gasteiger partial charge in [0, 0.05) is 7.05 Å². The molecule has 0 bridgehead atoms. The molecule has 1 rings (SSSR count). The number of urea groups is 1. The van der Waals surface area contributed by atoms with Crippen LogP contribution < -0.4 is 20.5 Å². The SMILES string of the molecule is CNC(=O)NC(=O)C(C)Oc1ccc(S(N)(=O)=O)cc1C. The van der Waals surface area contributed by atoms with Crippen molar-refractivity contribution in [2.24, 2.45) is 5.14 Å². The normalized spacial score (nSPS) is 12.4. The highest BCUT2D eigenvalue weighted by Gasteiger charge is 2.18. The lowest BCUT2D eigenvalue weighted by Crippen LogP contribution is -2.44. The van der Waals surface area contributed by atoms with Crippen LogP contribution in [0.15, 0.2) is 23.1 Å². The molecule has 9 heteroatoms. The number of rotatable bonds is 4. The van der Waals surface area contributed by atoms with Crippen LogP contribution in [0.5, 0.6) is 5.75 Å². The molecule has 1 atom stereocenters. The van der Waals surface area contributed by atoms with E-state index >= 15 is 0 Å². The summed E-state index contributed by atoms with van der Waals surface area (Å²) in [5.74, 6) is -0.300. The molecular formula is C12H17N3O5S. The van der Waals surface area contributed by atoms with Crippen molar-refractivity contribution in [2.75, 3.05) is 7.05 Å². The Morgan fingerprint density at radius 2 is 1.95 bits per heavy atom. The summed E-state index contributed by atoms with van der Waals surface area (Å²) in [6.07, 6.45) is -0.929. The lowest BCUT2D eigenvalue weighted by molar-refractivity contribution is -0.126. The summed E-state index contributed by atoms with van der Waals surface area (Å²) in [7, 11) is -2.41. The summed E-state index contributed by atoms with van der Waals surface area (Å²) in [5, 5.41) is 9.34. The van der Waals surface area contributed by atoms with Crippen LogP contribution in [-0.4, -0.2) is 33.5 Å². The van der Waals surface area contributed by atoms with Gasteiger partial charge >= 0.3 is 6.03 Å². The Labute approximate surface area is 122 Å². The van der Waals surface area contributed by atoms with Gasteiger partial charge in [-0.25, -0.2) is 18.4 Å². The molecule has 0 heterocycles. The van der Waals surface area contributed by atoms with E-state index in [2.05, 4.69) is 10.6 Å². The highest BCUT2D eigenvalue weighted by atomic mass is 32.2. The van der Waals surface area contributed by atoms with E-state index in [-0.39, 0.29) is 4.90 Å². The van der Waals surface area contributed by atoms with Crippen molar-refractivity contribution in [3.05, 3.63) is 23.8 Å². The summed E-state index contributed by atoms with van der Waals surface area (Å²) < 4.78 is 27.8. The lowest BCUT2D eigenvalue weighted by atomic mass is 10.2. The van der Waals surface area contributed by atoms with E-state index in [0.29, 0.717) is 11.3 Å². The van der Waals surface area contributed by atoms with Crippen molar-refractivity contribution in [1.29, 1.82) is 0 Å². The lowest BCUT2D eigenvalue weighted by Gasteiger charge is -2.16. The average Bonchev–Trinajstić information content (AvgIpc) is 2.39. The van der Waals surface area contributed by atoms with Gasteiger partial charge in [0.2, 0.25) is 10.0 Å². The first-order valence-electron chi connectivity index (χ1n) is 5.98. The molecule has 1 aromatic carbocycles. The molecule has 21 heavy (non-hydrogen) atoms. The first-order valence-corrected chi connectivity index (χ1v) is 7.52. The fraction of sp³-hybridized carbons (Fsp3) is 0.333. The maximum absolute atomic E-state index is 11.6. The van der Waals surface area contributed by atoms with Crippen LogP contribution in [0.3, 0.4) is 0 Å². The van der Waals surface area contributed by atoms with E-state index in [1.54, 1.807) is 6.92 Å². The van der Waals surface area contributed by atoms with Gasteiger partial charge in [0.05, 0.1) is 4.90 Å². The maximum atomic E-state index is 11.6. The third-order valence-electron chi connectivity index (χ3n) is 2.61. The molecule has 116 valence electrons. The van der Waals surface area contributed by atoms with Crippen LogP contribution in [0.2, 0.25) is 0 Å². The molecule has 1 unspecified atom stereocenters. The number of imide groups is 1. The average molecular weight is 315 g/mol. The Balaban J connectivity index is 2.84. The number of amides is 3. The fourth-order valence-electron chi connectivity index (χ4n) is 1.45. The predicted molar refractivity (Wildman–Crippen MR) is 75.2 cm³/mol. The molecule has 0 fully saturated rings. The molecule has 0 aliphatic heterocycles. The van der Waals surface area contributed by atoms with Crippen LogP contribution in [0.1, 0.15) is 12.5 Å². The summed E-state index contributed by atoms with van der Waals surface area (Å²) in [6.45, 7) is 3.08. The number of aryl methyl sites for hydroxylation is 1. The van der Waals surface area contributed by atoms with Crippen molar-refractivity contribution >= 4 is 22.0 Å². The van der Waals surface area contributed by atoms with Crippen LogP contribution in [0, 0.1) is 6.92 Å². The molecule has 0 radical (unpaired) electrons. The molecule has 0 saturated carbocycles. The van der Waals surface area contributed by atoms with Crippen LogP contribution in [0.4, 0.5) is 4.79 Å². The van der Waals surface area contributed by atoms with Gasteiger partial charge in [0.1, 0.15) is 5.75 Å². The molecule has 1 aromatic rings. The number of nitrogens with two attached hydrogens (primary N) is 1. The topological polar surface area (TPSA) is 128 Å². The standard InChI is InChI=1S/C12H17N3O5S/c1-7-6-9(21(13,18)19)4-5-10(7)20-8(2)11(16)15-12(17)14-3/h4-6,8H,1-3H3,(H2,13,18,19)(H2,14,15,16,17). The molecule has 3 amide bonds. The monoisotopic (exact) mass is 315 g/mol. The molecule has 0 spiro atoms. The Morgan fingerprint density at radius 1 is 1.33 bits per heavy atom. The van der Waals surface area contributed by atoms with E-state index in [1.165, 1.54) is 32.2 Å². The summed E-state index contributed by atoms with van der Waals surface area (Å²) in [4.78, 5) is 22.6. The highest BCUT2D eigenvalue weighted by molar-refractivity contribution is 7.89. The van der Waals surface area contributed by atoms with Crippen molar-refractivity contribution in [2.45, 2.75) is 24.8 Å². The molecule has 0 aliphatic carbocycles. The first-order chi connectivity index (χ1) is 9.65. The van der Waals surface area contributed by atoms with E-state index in [0.717, 1.165) is 0 Å². The number of hydrogen-bond acceptors (Lipinski definition) is 5. The largest absolute Gasteiger partial charge is 0.481 e. The second-order valence-electron chi connectivity index (χ2n) is 4.30. The Hall–Kier alpha value is -2.13. The van der Waals surface area contributed by atoms with E-state index < -0.39 is 28.1 Å². The van der Waals surface area contributed by atoms with Gasteiger partial charge in [-0.1, -0.05) is 0 Å². The van der Waals surface area contributed by atoms with Crippen molar-refractivity contribution in [3.8, 4) is 5.75 Å². The molecule has 0 saturated heterocycles. The number of benzene rings is 1. The highest BCUT2D eigenvalue weighted by Crippen LogP contribution is 2.22. The van der Waals surface area contributed by atoms with E-state index in [9.17, 15) is 18.0 Å². The van der Waals surface area contributed by atoms with Gasteiger partial charge in [0.15, 0.2) is 6.10 Å². The maximum Gasteiger partial charge on any atom is 0.321 e. The Morgan fingerprint density at radius 3 is 2.43 bits per heavy atom. The molecule has 0 aromatic heterocycles.